The first-order chi connectivity index (χ1) is 10.9. The van der Waals surface area contributed by atoms with Gasteiger partial charge in [0.05, 0.1) is 12.2 Å². The quantitative estimate of drug-likeness (QED) is 0.697. The summed E-state index contributed by atoms with van der Waals surface area (Å²) < 4.78 is 43.2. The number of carbonyl (C=O) groups is 1. The van der Waals surface area contributed by atoms with E-state index in [2.05, 4.69) is 0 Å². The third kappa shape index (κ3) is 4.60. The molecule has 0 radical (unpaired) electrons. The predicted octanol–water partition coefficient (Wildman–Crippen LogP) is 5.38. The van der Waals surface area contributed by atoms with Gasteiger partial charge < -0.3 is 4.74 Å². The van der Waals surface area contributed by atoms with E-state index >= 15 is 0 Å². The first-order valence-electron chi connectivity index (χ1n) is 8.00. The normalized spacial score (nSPS) is 19.8. The molecular weight excluding hydrogens is 305 g/mol. The number of alkyl halides is 3. The average Bonchev–Trinajstić information content (AvgIpc) is 2.46. The maximum Gasteiger partial charge on any atom is 0.416 e. The molecule has 0 amide bonds. The van der Waals surface area contributed by atoms with Crippen LogP contribution in [-0.2, 0) is 15.7 Å². The van der Waals surface area contributed by atoms with Crippen molar-refractivity contribution < 1.29 is 22.7 Å². The molecule has 5 heteroatoms. The molecule has 1 aromatic rings. The molecular formula is C18H21F3O2. The number of hydrogen-bond acceptors (Lipinski definition) is 2. The van der Waals surface area contributed by atoms with Crippen molar-refractivity contribution in [2.24, 2.45) is 0 Å². The summed E-state index contributed by atoms with van der Waals surface area (Å²) in [5.74, 6) is -0.343. The van der Waals surface area contributed by atoms with Gasteiger partial charge in [-0.25, -0.2) is 4.79 Å². The van der Waals surface area contributed by atoms with Crippen LogP contribution < -0.4 is 0 Å². The summed E-state index contributed by atoms with van der Waals surface area (Å²) in [5, 5.41) is 0. The number of allylic oxidation sites excluding steroid dienone is 1. The Morgan fingerprint density at radius 1 is 1.04 bits per heavy atom. The molecule has 1 aliphatic carbocycles. The van der Waals surface area contributed by atoms with E-state index in [-0.39, 0.29) is 5.97 Å². The van der Waals surface area contributed by atoms with E-state index in [0.717, 1.165) is 43.4 Å². The Bertz CT molecular complexity index is 571. The van der Waals surface area contributed by atoms with E-state index in [4.69, 9.17) is 4.74 Å². The summed E-state index contributed by atoms with van der Waals surface area (Å²) in [5.41, 5.74) is 1.46. The Hall–Kier alpha value is -1.78. The lowest BCUT2D eigenvalue weighted by Gasteiger charge is -2.18. The maximum absolute atomic E-state index is 12.7. The van der Waals surface area contributed by atoms with Gasteiger partial charge in [0, 0.05) is 5.57 Å². The van der Waals surface area contributed by atoms with Crippen molar-refractivity contribution >= 4 is 11.5 Å². The van der Waals surface area contributed by atoms with E-state index in [1.165, 1.54) is 12.1 Å². The van der Waals surface area contributed by atoms with Crippen LogP contribution in [-0.4, -0.2) is 12.6 Å². The van der Waals surface area contributed by atoms with Crippen LogP contribution in [0.3, 0.4) is 0 Å². The number of hydrogen-bond donors (Lipinski definition) is 0. The van der Waals surface area contributed by atoms with Gasteiger partial charge in [-0.2, -0.15) is 13.2 Å². The van der Waals surface area contributed by atoms with Gasteiger partial charge in [0.15, 0.2) is 0 Å². The van der Waals surface area contributed by atoms with Crippen LogP contribution >= 0.6 is 0 Å². The Balaban J connectivity index is 2.39. The van der Waals surface area contributed by atoms with Crippen LogP contribution in [0.1, 0.15) is 56.6 Å². The lowest BCUT2D eigenvalue weighted by molar-refractivity contribution is -0.139. The fraction of sp³-hybridized carbons (Fsp3) is 0.500. The summed E-state index contributed by atoms with van der Waals surface area (Å²) in [6.45, 7) is 2.04. The molecule has 0 unspecified atom stereocenters. The molecule has 0 saturated heterocycles. The monoisotopic (exact) mass is 326 g/mol. The molecule has 2 nitrogen and oxygen atoms in total. The van der Waals surface area contributed by atoms with E-state index in [1.807, 2.05) is 0 Å². The summed E-state index contributed by atoms with van der Waals surface area (Å²) in [4.78, 5) is 12.2. The Morgan fingerprint density at radius 3 is 2.22 bits per heavy atom. The van der Waals surface area contributed by atoms with Crippen molar-refractivity contribution in [3.8, 4) is 0 Å². The molecule has 23 heavy (non-hydrogen) atoms. The molecule has 0 N–H and O–H groups in total. The maximum atomic E-state index is 12.7. The molecule has 126 valence electrons. The zero-order chi connectivity index (χ0) is 16.9. The number of ether oxygens (including phenoxy) is 1. The lowest BCUT2D eigenvalue weighted by Crippen LogP contribution is -2.12. The first kappa shape index (κ1) is 17.6. The molecule has 0 bridgehead atoms. The highest BCUT2D eigenvalue weighted by atomic mass is 19.4. The van der Waals surface area contributed by atoms with Crippen molar-refractivity contribution in [2.45, 2.75) is 51.6 Å². The second kappa shape index (κ2) is 7.66. The second-order valence-corrected chi connectivity index (χ2v) is 5.67. The van der Waals surface area contributed by atoms with Crippen LogP contribution in [0, 0.1) is 0 Å². The highest BCUT2D eigenvalue weighted by Crippen LogP contribution is 2.34. The highest BCUT2D eigenvalue weighted by Gasteiger charge is 2.30. The number of rotatable bonds is 3. The van der Waals surface area contributed by atoms with E-state index in [9.17, 15) is 18.0 Å². The molecule has 1 aromatic carbocycles. The van der Waals surface area contributed by atoms with Crippen LogP contribution in [0.15, 0.2) is 29.8 Å². The van der Waals surface area contributed by atoms with Crippen LogP contribution in [0.2, 0.25) is 0 Å². The number of esters is 1. The Labute approximate surface area is 134 Å². The topological polar surface area (TPSA) is 26.3 Å². The minimum Gasteiger partial charge on any atom is -0.463 e. The molecule has 0 atom stereocenters. The van der Waals surface area contributed by atoms with Gasteiger partial charge in [-0.1, -0.05) is 25.0 Å². The average molecular weight is 326 g/mol. The smallest absolute Gasteiger partial charge is 0.416 e. The highest BCUT2D eigenvalue weighted by molar-refractivity contribution is 5.97. The minimum absolute atomic E-state index is 0.294. The molecule has 0 heterocycles. The molecule has 0 saturated carbocycles. The van der Waals surface area contributed by atoms with Gasteiger partial charge in [-0.3, -0.25) is 0 Å². The van der Waals surface area contributed by atoms with Gasteiger partial charge in [0.2, 0.25) is 0 Å². The molecule has 2 rings (SSSR count). The van der Waals surface area contributed by atoms with E-state index in [0.29, 0.717) is 30.6 Å². The van der Waals surface area contributed by atoms with Crippen molar-refractivity contribution in [1.29, 1.82) is 0 Å². The molecule has 0 spiro atoms. The van der Waals surface area contributed by atoms with Gasteiger partial charge in [0.1, 0.15) is 0 Å². The number of halogens is 3. The van der Waals surface area contributed by atoms with Crippen LogP contribution in [0.25, 0.3) is 5.57 Å². The fourth-order valence-corrected chi connectivity index (χ4v) is 2.88. The summed E-state index contributed by atoms with van der Waals surface area (Å²) >= 11 is 0. The third-order valence-corrected chi connectivity index (χ3v) is 4.05. The van der Waals surface area contributed by atoms with Crippen molar-refractivity contribution in [2.75, 3.05) is 6.61 Å². The Kier molecular flexibility index (Phi) is 5.85. The second-order valence-electron chi connectivity index (χ2n) is 5.67. The molecule has 0 fully saturated rings. The van der Waals surface area contributed by atoms with E-state index < -0.39 is 11.7 Å². The van der Waals surface area contributed by atoms with Gasteiger partial charge in [-0.15, -0.1) is 0 Å². The predicted molar refractivity (Wildman–Crippen MR) is 82.7 cm³/mol. The molecule has 0 aromatic heterocycles. The Morgan fingerprint density at radius 2 is 1.65 bits per heavy atom. The van der Waals surface area contributed by atoms with Gasteiger partial charge in [0.25, 0.3) is 0 Å². The van der Waals surface area contributed by atoms with Crippen LogP contribution in [0.4, 0.5) is 13.2 Å². The van der Waals surface area contributed by atoms with Gasteiger partial charge in [-0.05, 0) is 55.9 Å². The van der Waals surface area contributed by atoms with E-state index in [1.54, 1.807) is 6.92 Å². The summed E-state index contributed by atoms with van der Waals surface area (Å²) in [6, 6.07) is 5.06. The fourth-order valence-electron chi connectivity index (χ4n) is 2.88. The third-order valence-electron chi connectivity index (χ3n) is 4.05. The van der Waals surface area contributed by atoms with Crippen molar-refractivity contribution in [3.05, 3.63) is 41.0 Å². The number of carbonyl (C=O) groups excluding carboxylic acids is 1. The zero-order valence-corrected chi connectivity index (χ0v) is 13.2. The minimum atomic E-state index is -4.35. The lowest BCUT2D eigenvalue weighted by atomic mass is 9.89. The van der Waals surface area contributed by atoms with Crippen molar-refractivity contribution in [3.63, 3.8) is 0 Å². The van der Waals surface area contributed by atoms with Gasteiger partial charge >= 0.3 is 12.1 Å². The van der Waals surface area contributed by atoms with Crippen LogP contribution in [0.5, 0.6) is 0 Å². The molecule has 0 aliphatic heterocycles. The summed E-state index contributed by atoms with van der Waals surface area (Å²) in [6.07, 6.45) is 0.924. The number of benzene rings is 1. The summed E-state index contributed by atoms with van der Waals surface area (Å²) in [7, 11) is 0. The molecule has 1 aliphatic rings. The first-order valence-corrected chi connectivity index (χ1v) is 8.00. The van der Waals surface area contributed by atoms with Crippen molar-refractivity contribution in [1.82, 2.24) is 0 Å². The SMILES string of the molecule is CCOC(=O)/C1=C(\c2ccc(C(F)(F)F)cc2)CCCCCC1. The standard InChI is InChI=1S/C18H21F3O2/c1-2-23-17(22)16-8-6-4-3-5-7-15(16)13-9-11-14(12-10-13)18(19,20)21/h9-12H,2-8H2,1H3/b16-15-. The largest absolute Gasteiger partial charge is 0.463 e. The zero-order valence-electron chi connectivity index (χ0n) is 13.2.